The number of rotatable bonds is 4. The molecule has 0 N–H and O–H groups in total. The third-order valence-electron chi connectivity index (χ3n) is 4.46. The van der Waals surface area contributed by atoms with Crippen molar-refractivity contribution >= 4 is 12.2 Å². The van der Waals surface area contributed by atoms with Gasteiger partial charge in [0.15, 0.2) is 0 Å². The topological polar surface area (TPSA) is 81.2 Å². The standard InChI is InChI=1S/C22H26FN3O5/c1-22(2,3)31-20(27)25-11-12-26(21(28)30-18-8-6-16(23)7-9-18)17(14-25)15-29-19-5-4-10-24-13-19/h4-10,13,17H,11-12,14-15H2,1-3H3/t17-/m0/s1. The molecule has 166 valence electrons. The first-order chi connectivity index (χ1) is 14.7. The number of hydrogen-bond donors (Lipinski definition) is 0. The number of aromatic nitrogens is 1. The number of pyridine rings is 1. The van der Waals surface area contributed by atoms with Crippen LogP contribution in [0.4, 0.5) is 14.0 Å². The van der Waals surface area contributed by atoms with Crippen LogP contribution in [0.15, 0.2) is 48.8 Å². The van der Waals surface area contributed by atoms with Crippen molar-refractivity contribution in [1.82, 2.24) is 14.8 Å². The number of carbonyl (C=O) groups excluding carboxylic acids is 2. The molecule has 1 atom stereocenters. The van der Waals surface area contributed by atoms with Gasteiger partial charge < -0.3 is 19.1 Å². The van der Waals surface area contributed by atoms with Gasteiger partial charge in [0.1, 0.15) is 29.5 Å². The second-order valence-corrected chi connectivity index (χ2v) is 8.10. The maximum Gasteiger partial charge on any atom is 0.415 e. The third-order valence-corrected chi connectivity index (χ3v) is 4.46. The lowest BCUT2D eigenvalue weighted by atomic mass is 10.2. The lowest BCUT2D eigenvalue weighted by Crippen LogP contribution is -2.59. The minimum atomic E-state index is -0.628. The summed E-state index contributed by atoms with van der Waals surface area (Å²) < 4.78 is 29.7. The molecule has 1 aromatic heterocycles. The Kier molecular flexibility index (Phi) is 6.94. The van der Waals surface area contributed by atoms with Gasteiger partial charge in [0, 0.05) is 25.8 Å². The highest BCUT2D eigenvalue weighted by Crippen LogP contribution is 2.19. The van der Waals surface area contributed by atoms with E-state index in [4.69, 9.17) is 14.2 Å². The average Bonchev–Trinajstić information content (AvgIpc) is 2.73. The number of ether oxygens (including phenoxy) is 3. The largest absolute Gasteiger partial charge is 0.490 e. The Labute approximate surface area is 180 Å². The van der Waals surface area contributed by atoms with Crippen LogP contribution >= 0.6 is 0 Å². The summed E-state index contributed by atoms with van der Waals surface area (Å²) >= 11 is 0. The summed E-state index contributed by atoms with van der Waals surface area (Å²) in [4.78, 5) is 32.4. The van der Waals surface area contributed by atoms with Gasteiger partial charge in [0.05, 0.1) is 12.2 Å². The van der Waals surface area contributed by atoms with Gasteiger partial charge in [0.2, 0.25) is 0 Å². The zero-order valence-electron chi connectivity index (χ0n) is 17.8. The van der Waals surface area contributed by atoms with E-state index in [9.17, 15) is 14.0 Å². The van der Waals surface area contributed by atoms with Gasteiger partial charge >= 0.3 is 12.2 Å². The van der Waals surface area contributed by atoms with E-state index >= 15 is 0 Å². The third kappa shape index (κ3) is 6.56. The summed E-state index contributed by atoms with van der Waals surface area (Å²) in [5.74, 6) is 0.352. The number of halogens is 1. The Balaban J connectivity index is 1.70. The number of amides is 2. The minimum absolute atomic E-state index is 0.128. The van der Waals surface area contributed by atoms with Crippen molar-refractivity contribution in [3.63, 3.8) is 0 Å². The zero-order valence-corrected chi connectivity index (χ0v) is 17.8. The Morgan fingerprint density at radius 1 is 1.10 bits per heavy atom. The van der Waals surface area contributed by atoms with Gasteiger partial charge in [-0.15, -0.1) is 0 Å². The van der Waals surface area contributed by atoms with Crippen LogP contribution in [0.1, 0.15) is 20.8 Å². The number of carbonyl (C=O) groups is 2. The molecule has 0 radical (unpaired) electrons. The first kappa shape index (κ1) is 22.3. The maximum atomic E-state index is 13.1. The predicted octanol–water partition coefficient (Wildman–Crippen LogP) is 3.72. The highest BCUT2D eigenvalue weighted by atomic mass is 19.1. The minimum Gasteiger partial charge on any atom is -0.490 e. The fourth-order valence-corrected chi connectivity index (χ4v) is 3.02. The van der Waals surface area contributed by atoms with Gasteiger partial charge in [0.25, 0.3) is 0 Å². The van der Waals surface area contributed by atoms with Crippen molar-refractivity contribution in [3.05, 3.63) is 54.6 Å². The van der Waals surface area contributed by atoms with E-state index < -0.39 is 29.6 Å². The lowest BCUT2D eigenvalue weighted by Gasteiger charge is -2.40. The van der Waals surface area contributed by atoms with Gasteiger partial charge in [-0.25, -0.2) is 14.0 Å². The number of nitrogens with zero attached hydrogens (tertiary/aromatic N) is 3. The summed E-state index contributed by atoms with van der Waals surface area (Å²) in [5, 5.41) is 0. The Hall–Kier alpha value is -3.36. The Bertz CT molecular complexity index is 886. The summed E-state index contributed by atoms with van der Waals surface area (Å²) in [6.07, 6.45) is 2.14. The molecular weight excluding hydrogens is 405 g/mol. The van der Waals surface area contributed by atoms with Crippen LogP contribution < -0.4 is 9.47 Å². The first-order valence-electron chi connectivity index (χ1n) is 9.96. The average molecular weight is 431 g/mol. The predicted molar refractivity (Wildman–Crippen MR) is 110 cm³/mol. The molecule has 0 saturated carbocycles. The summed E-state index contributed by atoms with van der Waals surface area (Å²) in [6, 6.07) is 8.20. The SMILES string of the molecule is CC(C)(C)OC(=O)N1CCN(C(=O)Oc2ccc(F)cc2)[C@H](COc2cccnc2)C1. The van der Waals surface area contributed by atoms with Gasteiger partial charge in [-0.05, 0) is 57.2 Å². The molecule has 0 spiro atoms. The molecule has 9 heteroatoms. The molecule has 31 heavy (non-hydrogen) atoms. The molecule has 0 unspecified atom stereocenters. The monoisotopic (exact) mass is 431 g/mol. The smallest absolute Gasteiger partial charge is 0.415 e. The molecule has 0 aliphatic carbocycles. The molecule has 1 aliphatic rings. The van der Waals surface area contributed by atoms with Gasteiger partial charge in [-0.3, -0.25) is 9.88 Å². The Morgan fingerprint density at radius 2 is 1.84 bits per heavy atom. The van der Waals surface area contributed by atoms with E-state index in [2.05, 4.69) is 4.98 Å². The molecule has 2 aromatic rings. The fraction of sp³-hybridized carbons (Fsp3) is 0.409. The van der Waals surface area contributed by atoms with Crippen molar-refractivity contribution in [3.8, 4) is 11.5 Å². The fourth-order valence-electron chi connectivity index (χ4n) is 3.02. The van der Waals surface area contributed by atoms with Gasteiger partial charge in [-0.2, -0.15) is 0 Å². The quantitative estimate of drug-likeness (QED) is 0.734. The van der Waals surface area contributed by atoms with Crippen molar-refractivity contribution in [1.29, 1.82) is 0 Å². The summed E-state index contributed by atoms with van der Waals surface area (Å²) in [7, 11) is 0. The van der Waals surface area contributed by atoms with Crippen LogP contribution in [0.2, 0.25) is 0 Å². The van der Waals surface area contributed by atoms with Crippen molar-refractivity contribution < 1.29 is 28.2 Å². The van der Waals surface area contributed by atoms with E-state index in [0.29, 0.717) is 5.75 Å². The lowest BCUT2D eigenvalue weighted by molar-refractivity contribution is 0.000827. The first-order valence-corrected chi connectivity index (χ1v) is 9.96. The molecule has 8 nitrogen and oxygen atoms in total. The van der Waals surface area contributed by atoms with Crippen LogP contribution in [0.25, 0.3) is 0 Å². The van der Waals surface area contributed by atoms with Crippen LogP contribution in [-0.2, 0) is 4.74 Å². The van der Waals surface area contributed by atoms with Crippen molar-refractivity contribution in [2.45, 2.75) is 32.4 Å². The highest BCUT2D eigenvalue weighted by molar-refractivity contribution is 5.72. The molecule has 1 aliphatic heterocycles. The molecule has 1 saturated heterocycles. The number of benzene rings is 1. The molecule has 0 bridgehead atoms. The molecule has 3 rings (SSSR count). The van der Waals surface area contributed by atoms with Crippen LogP contribution in [0.5, 0.6) is 11.5 Å². The van der Waals surface area contributed by atoms with E-state index in [1.807, 2.05) is 0 Å². The zero-order chi connectivity index (χ0) is 22.4. The summed E-state index contributed by atoms with van der Waals surface area (Å²) in [6.45, 7) is 6.26. The van der Waals surface area contributed by atoms with Crippen molar-refractivity contribution in [2.75, 3.05) is 26.2 Å². The van der Waals surface area contributed by atoms with E-state index in [1.165, 1.54) is 29.2 Å². The molecule has 2 amide bonds. The van der Waals surface area contributed by atoms with Gasteiger partial charge in [-0.1, -0.05) is 0 Å². The Morgan fingerprint density at radius 3 is 2.48 bits per heavy atom. The van der Waals surface area contributed by atoms with E-state index in [-0.39, 0.29) is 32.0 Å². The normalized spacial score (nSPS) is 16.6. The van der Waals surface area contributed by atoms with E-state index in [1.54, 1.807) is 50.2 Å². The van der Waals surface area contributed by atoms with Crippen LogP contribution in [0.3, 0.4) is 0 Å². The number of piperazine rings is 1. The van der Waals surface area contributed by atoms with E-state index in [0.717, 1.165) is 0 Å². The van der Waals surface area contributed by atoms with Crippen molar-refractivity contribution in [2.24, 2.45) is 0 Å². The summed E-state index contributed by atoms with van der Waals surface area (Å²) in [5.41, 5.74) is -0.628. The molecule has 2 heterocycles. The second kappa shape index (κ2) is 9.63. The van der Waals surface area contributed by atoms with Crippen LogP contribution in [0, 0.1) is 5.82 Å². The maximum absolute atomic E-state index is 13.1. The van der Waals surface area contributed by atoms with Crippen LogP contribution in [-0.4, -0.2) is 64.9 Å². The number of hydrogen-bond acceptors (Lipinski definition) is 6. The molecular formula is C22H26FN3O5. The molecule has 1 fully saturated rings. The molecule has 1 aromatic carbocycles. The second-order valence-electron chi connectivity index (χ2n) is 8.10. The highest BCUT2D eigenvalue weighted by Gasteiger charge is 2.36.